The van der Waals surface area contributed by atoms with Crippen molar-refractivity contribution in [2.75, 3.05) is 23.3 Å². The lowest BCUT2D eigenvalue weighted by molar-refractivity contribution is -0.126. The van der Waals surface area contributed by atoms with Crippen molar-refractivity contribution in [1.29, 1.82) is 5.26 Å². The number of nitrogens with one attached hydrogen (secondary N) is 1. The van der Waals surface area contributed by atoms with Crippen LogP contribution in [0.25, 0.3) is 0 Å². The molecule has 1 unspecified atom stereocenters. The van der Waals surface area contributed by atoms with E-state index in [1.807, 2.05) is 6.07 Å². The van der Waals surface area contributed by atoms with Gasteiger partial charge in [-0.2, -0.15) is 5.26 Å². The van der Waals surface area contributed by atoms with Crippen LogP contribution in [0.4, 0.5) is 15.3 Å². The van der Waals surface area contributed by atoms with Crippen LogP contribution < -0.4 is 10.2 Å². The van der Waals surface area contributed by atoms with E-state index in [1.165, 1.54) is 11.3 Å². The SMILES string of the molecule is N#Cc1cccnc1N1CCC(F)(C(=O)Nc2nccs2)C1. The zero-order chi connectivity index (χ0) is 15.6. The Morgan fingerprint density at radius 2 is 2.36 bits per heavy atom. The van der Waals surface area contributed by atoms with Crippen molar-refractivity contribution in [2.45, 2.75) is 12.1 Å². The van der Waals surface area contributed by atoms with E-state index in [2.05, 4.69) is 15.3 Å². The van der Waals surface area contributed by atoms with Crippen LogP contribution in [0.1, 0.15) is 12.0 Å². The molecule has 6 nitrogen and oxygen atoms in total. The van der Waals surface area contributed by atoms with Crippen molar-refractivity contribution in [1.82, 2.24) is 9.97 Å². The van der Waals surface area contributed by atoms with Gasteiger partial charge in [-0.1, -0.05) is 0 Å². The van der Waals surface area contributed by atoms with Crippen molar-refractivity contribution in [3.63, 3.8) is 0 Å². The lowest BCUT2D eigenvalue weighted by Crippen LogP contribution is -2.41. The minimum atomic E-state index is -2.02. The number of pyridine rings is 1. The van der Waals surface area contributed by atoms with Crippen LogP contribution in [0.15, 0.2) is 29.9 Å². The smallest absolute Gasteiger partial charge is 0.265 e. The predicted molar refractivity (Wildman–Crippen MR) is 80.4 cm³/mol. The van der Waals surface area contributed by atoms with Crippen LogP contribution in [0, 0.1) is 11.3 Å². The summed E-state index contributed by atoms with van der Waals surface area (Å²) >= 11 is 1.23. The molecule has 1 aliphatic rings. The maximum atomic E-state index is 14.9. The second-order valence-electron chi connectivity index (χ2n) is 4.91. The topological polar surface area (TPSA) is 81.9 Å². The number of nitriles is 1. The number of hydrogen-bond donors (Lipinski definition) is 1. The third-order valence-corrected chi connectivity index (χ3v) is 4.17. The van der Waals surface area contributed by atoms with Gasteiger partial charge in [0.2, 0.25) is 5.67 Å². The monoisotopic (exact) mass is 317 g/mol. The van der Waals surface area contributed by atoms with Crippen LogP contribution in [0.3, 0.4) is 0 Å². The molecular formula is C14H12FN5OS. The molecule has 0 bridgehead atoms. The lowest BCUT2D eigenvalue weighted by atomic mass is 10.1. The van der Waals surface area contributed by atoms with Crippen molar-refractivity contribution >= 4 is 28.2 Å². The number of amides is 1. The highest BCUT2D eigenvalue weighted by molar-refractivity contribution is 7.13. The van der Waals surface area contributed by atoms with E-state index >= 15 is 0 Å². The van der Waals surface area contributed by atoms with Gasteiger partial charge in [-0.25, -0.2) is 14.4 Å². The van der Waals surface area contributed by atoms with Crippen molar-refractivity contribution < 1.29 is 9.18 Å². The number of halogens is 1. The van der Waals surface area contributed by atoms with Gasteiger partial charge in [0.15, 0.2) is 5.13 Å². The predicted octanol–water partition coefficient (Wildman–Crippen LogP) is 1.97. The van der Waals surface area contributed by atoms with Crippen LogP contribution in [0.5, 0.6) is 0 Å². The van der Waals surface area contributed by atoms with Gasteiger partial charge >= 0.3 is 0 Å². The summed E-state index contributed by atoms with van der Waals surface area (Å²) in [5.74, 6) is -0.300. The van der Waals surface area contributed by atoms with Crippen LogP contribution >= 0.6 is 11.3 Å². The van der Waals surface area contributed by atoms with Crippen molar-refractivity contribution in [3.05, 3.63) is 35.5 Å². The second-order valence-corrected chi connectivity index (χ2v) is 5.81. The van der Waals surface area contributed by atoms with E-state index in [-0.39, 0.29) is 13.0 Å². The first-order chi connectivity index (χ1) is 10.6. The van der Waals surface area contributed by atoms with E-state index in [1.54, 1.807) is 34.8 Å². The summed E-state index contributed by atoms with van der Waals surface area (Å²) in [6.07, 6.45) is 3.13. The molecule has 3 rings (SSSR count). The van der Waals surface area contributed by atoms with Gasteiger partial charge < -0.3 is 4.90 Å². The minimum absolute atomic E-state index is 0.0473. The van der Waals surface area contributed by atoms with Gasteiger partial charge in [-0.15, -0.1) is 11.3 Å². The van der Waals surface area contributed by atoms with Crippen LogP contribution in [0.2, 0.25) is 0 Å². The molecule has 1 fully saturated rings. The Balaban J connectivity index is 1.76. The number of alkyl halides is 1. The number of carbonyl (C=O) groups is 1. The van der Waals surface area contributed by atoms with Crippen LogP contribution in [-0.2, 0) is 4.79 Å². The molecule has 1 amide bonds. The molecule has 1 N–H and O–H groups in total. The Labute approximate surface area is 130 Å². The molecule has 0 saturated carbocycles. The molecule has 0 aliphatic carbocycles. The third kappa shape index (κ3) is 2.63. The molecule has 2 aromatic rings. The summed E-state index contributed by atoms with van der Waals surface area (Å²) in [5, 5.41) is 13.7. The fourth-order valence-corrected chi connectivity index (χ4v) is 2.89. The fraction of sp³-hybridized carbons (Fsp3) is 0.286. The summed E-state index contributed by atoms with van der Waals surface area (Å²) in [4.78, 5) is 21.8. The average Bonchev–Trinajstić information content (AvgIpc) is 3.17. The van der Waals surface area contributed by atoms with E-state index in [4.69, 9.17) is 5.26 Å². The summed E-state index contributed by atoms with van der Waals surface area (Å²) in [7, 11) is 0. The van der Waals surface area contributed by atoms with E-state index in [9.17, 15) is 9.18 Å². The third-order valence-electron chi connectivity index (χ3n) is 3.49. The first-order valence-electron chi connectivity index (χ1n) is 6.62. The highest BCUT2D eigenvalue weighted by Crippen LogP contribution is 2.31. The molecule has 3 heterocycles. The maximum absolute atomic E-state index is 14.9. The number of anilines is 2. The molecule has 1 saturated heterocycles. The molecule has 2 aromatic heterocycles. The van der Waals surface area contributed by atoms with Gasteiger partial charge in [-0.05, 0) is 12.1 Å². The summed E-state index contributed by atoms with van der Waals surface area (Å²) in [6.45, 7) is 0.198. The van der Waals surface area contributed by atoms with Gasteiger partial charge in [-0.3, -0.25) is 10.1 Å². The molecule has 0 aromatic carbocycles. The highest BCUT2D eigenvalue weighted by atomic mass is 32.1. The zero-order valence-electron chi connectivity index (χ0n) is 11.5. The van der Waals surface area contributed by atoms with Gasteiger partial charge in [0.05, 0.1) is 12.1 Å². The Bertz CT molecular complexity index is 729. The summed E-state index contributed by atoms with van der Waals surface area (Å²) in [6, 6.07) is 5.30. The largest absolute Gasteiger partial charge is 0.352 e. The van der Waals surface area contributed by atoms with Gasteiger partial charge in [0.25, 0.3) is 5.91 Å². The first kappa shape index (κ1) is 14.4. The molecule has 1 atom stereocenters. The van der Waals surface area contributed by atoms with Crippen molar-refractivity contribution in [3.8, 4) is 6.07 Å². The van der Waals surface area contributed by atoms with E-state index < -0.39 is 11.6 Å². The molecule has 0 spiro atoms. The summed E-state index contributed by atoms with van der Waals surface area (Å²) in [5.41, 5.74) is -1.65. The number of thiazole rings is 1. The molecule has 0 radical (unpaired) electrons. The molecule has 8 heteroatoms. The Kier molecular flexibility index (Phi) is 3.73. The normalized spacial score (nSPS) is 20.6. The number of aromatic nitrogens is 2. The highest BCUT2D eigenvalue weighted by Gasteiger charge is 2.46. The standard InChI is InChI=1S/C14H12FN5OS/c15-14(12(21)19-13-18-5-7-22-13)3-6-20(9-14)11-10(8-16)2-1-4-17-11/h1-2,4-5,7H,3,6,9H2,(H,18,19,21). The Hall–Kier alpha value is -2.53. The van der Waals surface area contributed by atoms with E-state index in [0.717, 1.165) is 0 Å². The average molecular weight is 317 g/mol. The van der Waals surface area contributed by atoms with E-state index in [0.29, 0.717) is 23.1 Å². The Morgan fingerprint density at radius 1 is 1.50 bits per heavy atom. The first-order valence-corrected chi connectivity index (χ1v) is 7.50. The number of rotatable bonds is 3. The molecule has 1 aliphatic heterocycles. The quantitative estimate of drug-likeness (QED) is 0.936. The lowest BCUT2D eigenvalue weighted by Gasteiger charge is -2.21. The fourth-order valence-electron chi connectivity index (χ4n) is 2.37. The molecular weight excluding hydrogens is 305 g/mol. The molecule has 112 valence electrons. The molecule has 22 heavy (non-hydrogen) atoms. The van der Waals surface area contributed by atoms with Gasteiger partial charge in [0, 0.05) is 30.7 Å². The number of hydrogen-bond acceptors (Lipinski definition) is 6. The minimum Gasteiger partial charge on any atom is -0.352 e. The van der Waals surface area contributed by atoms with Crippen molar-refractivity contribution in [2.24, 2.45) is 0 Å². The second kappa shape index (κ2) is 5.69. The zero-order valence-corrected chi connectivity index (χ0v) is 12.3. The maximum Gasteiger partial charge on any atom is 0.265 e. The summed E-state index contributed by atoms with van der Waals surface area (Å²) < 4.78 is 14.9. The number of nitrogens with zero attached hydrogens (tertiary/aromatic N) is 4. The Morgan fingerprint density at radius 3 is 3.09 bits per heavy atom. The number of carbonyl (C=O) groups excluding carboxylic acids is 1. The van der Waals surface area contributed by atoms with Crippen LogP contribution in [-0.4, -0.2) is 34.6 Å². The van der Waals surface area contributed by atoms with Gasteiger partial charge in [0.1, 0.15) is 11.9 Å².